The summed E-state index contributed by atoms with van der Waals surface area (Å²) in [4.78, 5) is 8.81. The fourth-order valence-corrected chi connectivity index (χ4v) is 6.90. The van der Waals surface area contributed by atoms with Crippen LogP contribution in [0.1, 0.15) is 43.6 Å². The number of hydrogen-bond acceptors (Lipinski definition) is 2. The van der Waals surface area contributed by atoms with Crippen molar-refractivity contribution in [3.8, 4) is 22.5 Å². The molecule has 0 aliphatic heterocycles. The molecule has 2 nitrogen and oxygen atoms in total. The van der Waals surface area contributed by atoms with Gasteiger partial charge in [-0.15, -0.1) is 71.8 Å². The summed E-state index contributed by atoms with van der Waals surface area (Å²) in [7, 11) is 0. The minimum Gasteiger partial charge on any atom is -0.305 e. The van der Waals surface area contributed by atoms with Crippen molar-refractivity contribution >= 4 is 0 Å². The molecule has 4 aliphatic carbocycles. The molecule has 4 fully saturated rings. The first-order valence-corrected chi connectivity index (χ1v) is 12.6. The van der Waals surface area contributed by atoms with Crippen molar-refractivity contribution in [1.82, 2.24) is 9.97 Å². The number of pyridine rings is 2. The average molecular weight is 635 g/mol. The monoisotopic (exact) mass is 635 g/mol. The molecule has 0 unspecified atom stereocenters. The molecule has 4 saturated carbocycles. The van der Waals surface area contributed by atoms with Gasteiger partial charge in [-0.3, -0.25) is 0 Å². The number of aromatic nitrogens is 2. The van der Waals surface area contributed by atoms with E-state index in [2.05, 4.69) is 46.4 Å². The van der Waals surface area contributed by atoms with Crippen molar-refractivity contribution in [2.75, 3.05) is 0 Å². The van der Waals surface area contributed by atoms with Crippen LogP contribution in [-0.2, 0) is 20.1 Å². The molecule has 4 aromatic rings. The molecule has 2 heterocycles. The molecule has 2 aromatic carbocycles. The Bertz CT molecular complexity index is 1140. The van der Waals surface area contributed by atoms with Crippen LogP contribution in [0.4, 0.5) is 0 Å². The molecule has 0 atom stereocenters. The molecule has 0 spiro atoms. The van der Waals surface area contributed by atoms with Crippen molar-refractivity contribution in [2.45, 2.75) is 38.0 Å². The smallest absolute Gasteiger partial charge is 0.0163 e. The van der Waals surface area contributed by atoms with Gasteiger partial charge in [0.25, 0.3) is 0 Å². The van der Waals surface area contributed by atoms with Gasteiger partial charge in [0.05, 0.1) is 0 Å². The maximum Gasteiger partial charge on any atom is 0.0163 e. The number of nitrogens with zero attached hydrogens (tertiary/aromatic N) is 2. The van der Waals surface area contributed by atoms with Crippen molar-refractivity contribution in [2.24, 2.45) is 23.7 Å². The summed E-state index contributed by atoms with van der Waals surface area (Å²) in [6.45, 7) is 0. The second-order valence-corrected chi connectivity index (χ2v) is 10.2. The second kappa shape index (κ2) is 11.0. The maximum atomic E-state index is 4.59. The first kappa shape index (κ1) is 24.1. The van der Waals surface area contributed by atoms with Crippen molar-refractivity contribution < 1.29 is 20.1 Å². The van der Waals surface area contributed by atoms with Crippen molar-refractivity contribution in [3.63, 3.8) is 0 Å². The van der Waals surface area contributed by atoms with Crippen LogP contribution in [0, 0.1) is 35.8 Å². The Labute approximate surface area is 222 Å². The summed E-state index contributed by atoms with van der Waals surface area (Å²) in [5, 5.41) is 0. The first-order valence-electron chi connectivity index (χ1n) is 12.6. The van der Waals surface area contributed by atoms with Crippen LogP contribution in [0.25, 0.3) is 22.5 Å². The SMILES string of the molecule is [Ir].[c-]1ccccc1-c1cc(C2C3CC4CC(C3)CC2C4)ccn1.[c-]1ccccc1-c1ccccn1. The van der Waals surface area contributed by atoms with Gasteiger partial charge < -0.3 is 9.97 Å². The van der Waals surface area contributed by atoms with Crippen LogP contribution < -0.4 is 0 Å². The summed E-state index contributed by atoms with van der Waals surface area (Å²) in [6, 6.07) is 32.9. The van der Waals surface area contributed by atoms with Crippen molar-refractivity contribution in [3.05, 3.63) is 109 Å². The van der Waals surface area contributed by atoms with E-state index < -0.39 is 0 Å². The van der Waals surface area contributed by atoms with Crippen LogP contribution in [0.15, 0.2) is 91.3 Å². The summed E-state index contributed by atoms with van der Waals surface area (Å²) >= 11 is 0. The summed E-state index contributed by atoms with van der Waals surface area (Å²) < 4.78 is 0. The van der Waals surface area contributed by atoms with Gasteiger partial charge in [-0.05, 0) is 90.8 Å². The Morgan fingerprint density at radius 1 is 0.600 bits per heavy atom. The van der Waals surface area contributed by atoms with E-state index in [0.29, 0.717) is 0 Å². The third-order valence-corrected chi connectivity index (χ3v) is 8.03. The zero-order valence-electron chi connectivity index (χ0n) is 19.8. The Balaban J connectivity index is 0.000000167. The summed E-state index contributed by atoms with van der Waals surface area (Å²) in [5.41, 5.74) is 5.76. The topological polar surface area (TPSA) is 25.8 Å². The Hall–Kier alpha value is -2.61. The molecule has 4 aliphatic rings. The zero-order chi connectivity index (χ0) is 22.7. The molecule has 0 saturated heterocycles. The molecule has 2 aromatic heterocycles. The van der Waals surface area contributed by atoms with Crippen LogP contribution >= 0.6 is 0 Å². The standard InChI is InChI=1S/C21H22N.C11H8N.Ir/c1-2-4-16(5-3-1)20-13-17(6-7-22-20)21-18-9-14-8-15(11-18)12-19(21)10-14;1-2-6-10(7-3-1)11-8-4-5-9-12-11;/h1-4,6-7,13-15,18-19,21H,8-12H2;1-6,8-9H;/q2*-1;. The van der Waals surface area contributed by atoms with E-state index in [1.165, 1.54) is 37.7 Å². The number of hydrogen-bond donors (Lipinski definition) is 0. The quantitative estimate of drug-likeness (QED) is 0.217. The average Bonchev–Trinajstić information content (AvgIpc) is 2.90. The van der Waals surface area contributed by atoms with E-state index in [1.54, 1.807) is 6.20 Å². The van der Waals surface area contributed by atoms with Crippen LogP contribution in [0.3, 0.4) is 0 Å². The van der Waals surface area contributed by atoms with Gasteiger partial charge in [0.15, 0.2) is 0 Å². The summed E-state index contributed by atoms with van der Waals surface area (Å²) in [6.07, 6.45) is 11.2. The summed E-state index contributed by atoms with van der Waals surface area (Å²) in [5.74, 6) is 4.75. The van der Waals surface area contributed by atoms with Crippen LogP contribution in [-0.4, -0.2) is 9.97 Å². The van der Waals surface area contributed by atoms with Gasteiger partial charge in [-0.2, -0.15) is 0 Å². The van der Waals surface area contributed by atoms with Gasteiger partial charge in [0.2, 0.25) is 0 Å². The van der Waals surface area contributed by atoms with Gasteiger partial charge >= 0.3 is 0 Å². The van der Waals surface area contributed by atoms with Crippen molar-refractivity contribution in [1.29, 1.82) is 0 Å². The van der Waals surface area contributed by atoms with Crippen LogP contribution in [0.2, 0.25) is 0 Å². The number of rotatable bonds is 3. The molecular formula is C32H30IrN2-2. The maximum absolute atomic E-state index is 4.59. The predicted octanol–water partition coefficient (Wildman–Crippen LogP) is 7.63. The molecule has 35 heavy (non-hydrogen) atoms. The molecule has 3 heteroatoms. The fraction of sp³-hybridized carbons (Fsp3) is 0.312. The molecule has 4 bridgehead atoms. The van der Waals surface area contributed by atoms with Gasteiger partial charge in [-0.1, -0.05) is 18.2 Å². The zero-order valence-corrected chi connectivity index (χ0v) is 22.2. The molecule has 8 rings (SSSR count). The largest absolute Gasteiger partial charge is 0.305 e. The molecule has 1 radical (unpaired) electrons. The van der Waals surface area contributed by atoms with E-state index in [9.17, 15) is 0 Å². The van der Waals surface area contributed by atoms with E-state index >= 15 is 0 Å². The normalized spacial score (nSPS) is 25.8. The molecule has 179 valence electrons. The number of benzene rings is 2. The second-order valence-electron chi connectivity index (χ2n) is 10.2. The van der Waals surface area contributed by atoms with Gasteiger partial charge in [-0.25, -0.2) is 0 Å². The minimum atomic E-state index is 0. The first-order chi connectivity index (χ1) is 16.8. The molecular weight excluding hydrogens is 605 g/mol. The van der Waals surface area contributed by atoms with Crippen LogP contribution in [0.5, 0.6) is 0 Å². The Kier molecular flexibility index (Phi) is 7.56. The van der Waals surface area contributed by atoms with E-state index in [-0.39, 0.29) is 20.1 Å². The predicted molar refractivity (Wildman–Crippen MR) is 137 cm³/mol. The van der Waals surface area contributed by atoms with Gasteiger partial charge in [0.1, 0.15) is 0 Å². The van der Waals surface area contributed by atoms with E-state index in [0.717, 1.165) is 52.1 Å². The molecule has 0 N–H and O–H groups in total. The van der Waals surface area contributed by atoms with E-state index in [1.807, 2.05) is 60.8 Å². The van der Waals surface area contributed by atoms with E-state index in [4.69, 9.17) is 0 Å². The molecule has 0 amide bonds. The Morgan fingerprint density at radius 2 is 1.20 bits per heavy atom. The fourth-order valence-electron chi connectivity index (χ4n) is 6.90. The minimum absolute atomic E-state index is 0. The third-order valence-electron chi connectivity index (χ3n) is 8.03. The van der Waals surface area contributed by atoms with Gasteiger partial charge in [0, 0.05) is 32.5 Å². The third kappa shape index (κ3) is 5.32. The Morgan fingerprint density at radius 3 is 1.77 bits per heavy atom.